The first-order valence-electron chi connectivity index (χ1n) is 7.96. The smallest absolute Gasteiger partial charge is 0.204 e. The van der Waals surface area contributed by atoms with E-state index in [0.29, 0.717) is 5.75 Å². The van der Waals surface area contributed by atoms with Crippen molar-refractivity contribution in [2.24, 2.45) is 0 Å². The molecule has 1 aliphatic carbocycles. The Morgan fingerprint density at radius 2 is 1.78 bits per heavy atom. The largest absolute Gasteiger partial charge is 1.00 e. The molecule has 1 aromatic heterocycles. The van der Waals surface area contributed by atoms with Gasteiger partial charge in [-0.05, 0) is 25.3 Å². The van der Waals surface area contributed by atoms with E-state index in [1.165, 1.54) is 35.9 Å². The van der Waals surface area contributed by atoms with Crippen molar-refractivity contribution in [2.45, 2.75) is 38.1 Å². The number of aromatic nitrogens is 1. The van der Waals surface area contributed by atoms with Gasteiger partial charge in [0.2, 0.25) is 5.75 Å². The van der Waals surface area contributed by atoms with Crippen LogP contribution in [0.4, 0.5) is 0 Å². The lowest BCUT2D eigenvalue weighted by Crippen LogP contribution is -3.00. The average Bonchev–Trinajstić information content (AvgIpc) is 2.98. The zero-order valence-corrected chi connectivity index (χ0v) is 15.4. The summed E-state index contributed by atoms with van der Waals surface area (Å²) in [6.07, 6.45) is 7.23. The van der Waals surface area contributed by atoms with E-state index in [4.69, 9.17) is 14.2 Å². The van der Waals surface area contributed by atoms with Crippen LogP contribution >= 0.6 is 0 Å². The number of fused-ring (bicyclic) bond motifs is 2. The lowest BCUT2D eigenvalue weighted by Gasteiger charge is -2.20. The van der Waals surface area contributed by atoms with E-state index in [0.717, 1.165) is 35.8 Å². The summed E-state index contributed by atoms with van der Waals surface area (Å²) in [5.41, 5.74) is 3.01. The zero-order valence-electron chi connectivity index (χ0n) is 13.8. The summed E-state index contributed by atoms with van der Waals surface area (Å²) in [7, 11) is 5.04. The van der Waals surface area contributed by atoms with Gasteiger partial charge >= 0.3 is 0 Å². The molecule has 0 radical (unpaired) electrons. The Kier molecular flexibility index (Phi) is 4.41. The lowest BCUT2D eigenvalue weighted by molar-refractivity contribution is -0.690. The number of benzene rings is 1. The molecule has 2 aromatic rings. The van der Waals surface area contributed by atoms with Gasteiger partial charge in [0.25, 0.3) is 0 Å². The summed E-state index contributed by atoms with van der Waals surface area (Å²) in [5, 5.41) is 2.38. The number of methoxy groups -OCH3 is 3. The monoisotopic (exact) mass is 379 g/mol. The molecule has 0 spiro atoms. The standard InChI is InChI=1S/C18H22NO3.BrH/c1-20-15-9-13-12-6-4-5-11-7-8-19(16(11)12)10-14(13)17(21-2)18(15)22-3;/h9-11H,4-8H2,1-3H3;1H/q+1;/p-1. The van der Waals surface area contributed by atoms with Gasteiger partial charge in [-0.1, -0.05) is 0 Å². The Hall–Kier alpha value is -1.49. The normalized spacial score (nSPS) is 18.3. The fourth-order valence-corrected chi connectivity index (χ4v) is 4.26. The van der Waals surface area contributed by atoms with Gasteiger partial charge in [-0.2, -0.15) is 0 Å². The van der Waals surface area contributed by atoms with Gasteiger partial charge < -0.3 is 31.2 Å². The topological polar surface area (TPSA) is 31.6 Å². The molecule has 1 unspecified atom stereocenters. The summed E-state index contributed by atoms with van der Waals surface area (Å²) in [6, 6.07) is 2.12. The number of nitrogens with zero attached hydrogens (tertiary/aromatic N) is 1. The molecule has 0 saturated heterocycles. The molecule has 4 nitrogen and oxygen atoms in total. The van der Waals surface area contributed by atoms with Gasteiger partial charge in [0.15, 0.2) is 23.4 Å². The lowest BCUT2D eigenvalue weighted by atomic mass is 9.84. The van der Waals surface area contributed by atoms with Gasteiger partial charge in [0, 0.05) is 17.4 Å². The molecule has 0 bridgehead atoms. The molecular weight excluding hydrogens is 358 g/mol. The second-order valence-corrected chi connectivity index (χ2v) is 6.17. The molecule has 23 heavy (non-hydrogen) atoms. The molecule has 0 saturated carbocycles. The third kappa shape index (κ3) is 2.28. The quantitative estimate of drug-likeness (QED) is 0.702. The van der Waals surface area contributed by atoms with Crippen molar-refractivity contribution in [1.82, 2.24) is 0 Å². The maximum Gasteiger partial charge on any atom is 0.204 e. The van der Waals surface area contributed by atoms with E-state index in [-0.39, 0.29) is 17.0 Å². The summed E-state index contributed by atoms with van der Waals surface area (Å²) in [5.74, 6) is 2.92. The first kappa shape index (κ1) is 16.4. The molecular formula is C18H22BrNO3. The Morgan fingerprint density at radius 1 is 1.00 bits per heavy atom. The van der Waals surface area contributed by atoms with E-state index < -0.39 is 0 Å². The first-order valence-corrected chi connectivity index (χ1v) is 7.96. The van der Waals surface area contributed by atoms with E-state index in [1.807, 2.05) is 0 Å². The SMILES string of the molecule is COc1cc2c3c4[n+](cc2c(OC)c1OC)CCC4CCC3.[Br-]. The minimum atomic E-state index is 0. The highest BCUT2D eigenvalue weighted by Gasteiger charge is 2.37. The Morgan fingerprint density at radius 3 is 2.48 bits per heavy atom. The van der Waals surface area contributed by atoms with Crippen LogP contribution in [0.15, 0.2) is 12.3 Å². The Bertz CT molecular complexity index is 760. The summed E-state index contributed by atoms with van der Waals surface area (Å²) in [6.45, 7) is 1.11. The summed E-state index contributed by atoms with van der Waals surface area (Å²) < 4.78 is 19.2. The van der Waals surface area contributed by atoms with Gasteiger partial charge in [-0.3, -0.25) is 0 Å². The van der Waals surface area contributed by atoms with Crippen molar-refractivity contribution in [1.29, 1.82) is 0 Å². The van der Waals surface area contributed by atoms with E-state index in [1.54, 1.807) is 21.3 Å². The van der Waals surface area contributed by atoms with Crippen LogP contribution < -0.4 is 35.8 Å². The van der Waals surface area contributed by atoms with Crippen molar-refractivity contribution in [2.75, 3.05) is 21.3 Å². The number of halogens is 1. The fourth-order valence-electron chi connectivity index (χ4n) is 4.26. The van der Waals surface area contributed by atoms with Crippen molar-refractivity contribution in [3.8, 4) is 17.2 Å². The number of rotatable bonds is 3. The highest BCUT2D eigenvalue weighted by atomic mass is 79.9. The predicted molar refractivity (Wildman–Crippen MR) is 84.1 cm³/mol. The second-order valence-electron chi connectivity index (χ2n) is 6.17. The number of pyridine rings is 1. The Balaban J connectivity index is 0.00000156. The maximum absolute atomic E-state index is 5.68. The molecule has 0 amide bonds. The van der Waals surface area contributed by atoms with Crippen molar-refractivity contribution >= 4 is 10.8 Å². The molecule has 0 fully saturated rings. The molecule has 2 heterocycles. The molecule has 2 aliphatic rings. The first-order chi connectivity index (χ1) is 10.8. The van der Waals surface area contributed by atoms with Gasteiger partial charge in [0.05, 0.1) is 32.6 Å². The van der Waals surface area contributed by atoms with E-state index >= 15 is 0 Å². The number of hydrogen-bond donors (Lipinski definition) is 0. The molecule has 1 atom stereocenters. The molecule has 1 aliphatic heterocycles. The van der Waals surface area contributed by atoms with Gasteiger partial charge in [-0.15, -0.1) is 0 Å². The zero-order chi connectivity index (χ0) is 15.3. The highest BCUT2D eigenvalue weighted by Crippen LogP contribution is 2.47. The predicted octanol–water partition coefficient (Wildman–Crippen LogP) is -0.0193. The second kappa shape index (κ2) is 6.19. The van der Waals surface area contributed by atoms with Gasteiger partial charge in [-0.25, -0.2) is 4.57 Å². The van der Waals surface area contributed by atoms with Crippen LogP contribution in [0.3, 0.4) is 0 Å². The molecule has 0 N–H and O–H groups in total. The molecule has 4 rings (SSSR count). The molecule has 124 valence electrons. The number of ether oxygens (including phenoxy) is 3. The minimum Gasteiger partial charge on any atom is -1.00 e. The third-order valence-electron chi connectivity index (χ3n) is 5.18. The van der Waals surface area contributed by atoms with Crippen LogP contribution in [0, 0.1) is 0 Å². The van der Waals surface area contributed by atoms with Crippen LogP contribution in [-0.4, -0.2) is 21.3 Å². The van der Waals surface area contributed by atoms with E-state index in [2.05, 4.69) is 16.8 Å². The third-order valence-corrected chi connectivity index (χ3v) is 5.18. The average molecular weight is 380 g/mol. The van der Waals surface area contributed by atoms with Crippen molar-refractivity contribution in [3.05, 3.63) is 23.5 Å². The fraction of sp³-hybridized carbons (Fsp3) is 0.500. The summed E-state index contributed by atoms with van der Waals surface area (Å²) >= 11 is 0. The Labute approximate surface area is 147 Å². The highest BCUT2D eigenvalue weighted by molar-refractivity contribution is 5.94. The van der Waals surface area contributed by atoms with Crippen LogP contribution in [0.2, 0.25) is 0 Å². The molecule has 5 heteroatoms. The minimum absolute atomic E-state index is 0. The summed E-state index contributed by atoms with van der Waals surface area (Å²) in [4.78, 5) is 0. The van der Waals surface area contributed by atoms with Gasteiger partial charge in [0.1, 0.15) is 6.54 Å². The van der Waals surface area contributed by atoms with Crippen LogP contribution in [0.1, 0.15) is 36.4 Å². The van der Waals surface area contributed by atoms with E-state index in [9.17, 15) is 0 Å². The number of aryl methyl sites for hydroxylation is 2. The van der Waals surface area contributed by atoms with Crippen LogP contribution in [0.25, 0.3) is 10.8 Å². The van der Waals surface area contributed by atoms with Crippen LogP contribution in [-0.2, 0) is 13.0 Å². The van der Waals surface area contributed by atoms with Crippen LogP contribution in [0.5, 0.6) is 17.2 Å². The molecule has 1 aromatic carbocycles. The van der Waals surface area contributed by atoms with Crippen molar-refractivity contribution < 1.29 is 35.8 Å². The maximum atomic E-state index is 5.68. The number of hydrogen-bond acceptors (Lipinski definition) is 3. The van der Waals surface area contributed by atoms with Crippen molar-refractivity contribution in [3.63, 3.8) is 0 Å².